The highest BCUT2D eigenvalue weighted by molar-refractivity contribution is 8.18. The van der Waals surface area contributed by atoms with E-state index in [0.717, 1.165) is 12.1 Å². The Morgan fingerprint density at radius 1 is 1.05 bits per heavy atom. The normalized spacial score (nSPS) is 17.8. The van der Waals surface area contributed by atoms with Gasteiger partial charge in [-0.2, -0.15) is 22.0 Å². The predicted molar refractivity (Wildman–Crippen MR) is 67.2 cm³/mol. The summed E-state index contributed by atoms with van der Waals surface area (Å²) in [4.78, 5) is 22.3. The van der Waals surface area contributed by atoms with Crippen molar-refractivity contribution in [1.29, 1.82) is 0 Å². The fourth-order valence-electron chi connectivity index (χ4n) is 1.41. The monoisotopic (exact) mass is 339 g/mol. The third-order valence-corrected chi connectivity index (χ3v) is 3.21. The van der Waals surface area contributed by atoms with Crippen molar-refractivity contribution in [2.45, 2.75) is 12.3 Å². The van der Waals surface area contributed by atoms with E-state index in [2.05, 4.69) is 4.74 Å². The molecule has 1 aromatic carbocycles. The van der Waals surface area contributed by atoms with Crippen LogP contribution in [0.25, 0.3) is 6.08 Å². The molecule has 2 rings (SSSR count). The molecule has 2 amide bonds. The van der Waals surface area contributed by atoms with Crippen molar-refractivity contribution < 1.29 is 36.3 Å². The molecule has 22 heavy (non-hydrogen) atoms. The Morgan fingerprint density at radius 2 is 1.64 bits per heavy atom. The third-order valence-electron chi connectivity index (χ3n) is 2.40. The Balaban J connectivity index is 2.13. The first-order chi connectivity index (χ1) is 10.1. The highest BCUT2D eigenvalue weighted by Crippen LogP contribution is 2.37. The van der Waals surface area contributed by atoms with E-state index in [-0.39, 0.29) is 4.91 Å². The smallest absolute Gasteiger partial charge is 0.426 e. The molecule has 1 saturated heterocycles. The third kappa shape index (κ3) is 3.56. The number of carbonyl (C=O) groups is 2. The lowest BCUT2D eigenvalue weighted by atomic mass is 10.2. The summed E-state index contributed by atoms with van der Waals surface area (Å²) in [5, 5.41) is 1.46. The van der Waals surface area contributed by atoms with E-state index >= 15 is 0 Å². The summed E-state index contributed by atoms with van der Waals surface area (Å²) in [5.74, 6) is -1.30. The zero-order valence-electron chi connectivity index (χ0n) is 10.4. The van der Waals surface area contributed by atoms with E-state index in [1.807, 2.05) is 5.32 Å². The Morgan fingerprint density at radius 3 is 2.09 bits per heavy atom. The van der Waals surface area contributed by atoms with Gasteiger partial charge in [0.25, 0.3) is 11.1 Å². The molecule has 1 aliphatic heterocycles. The maximum absolute atomic E-state index is 12.7. The molecule has 1 fully saturated rings. The Labute approximate surface area is 124 Å². The molecule has 1 aliphatic rings. The van der Waals surface area contributed by atoms with E-state index in [1.165, 1.54) is 18.2 Å². The Bertz CT molecular complexity index is 639. The summed E-state index contributed by atoms with van der Waals surface area (Å²) < 4.78 is 64.9. The molecule has 1 N–H and O–H groups in total. The number of hydrogen-bond acceptors (Lipinski definition) is 4. The van der Waals surface area contributed by atoms with Gasteiger partial charge in [0.05, 0.1) is 4.91 Å². The van der Waals surface area contributed by atoms with Crippen molar-refractivity contribution in [2.75, 3.05) is 0 Å². The highest BCUT2D eigenvalue weighted by atomic mass is 32.2. The zero-order chi connectivity index (χ0) is 16.5. The molecule has 0 bridgehead atoms. The van der Waals surface area contributed by atoms with Crippen molar-refractivity contribution in [3.8, 4) is 5.75 Å². The highest BCUT2D eigenvalue weighted by Gasteiger charge is 2.61. The molecule has 1 aromatic rings. The van der Waals surface area contributed by atoms with Crippen molar-refractivity contribution in [3.63, 3.8) is 0 Å². The number of nitrogens with one attached hydrogen (secondary N) is 1. The minimum Gasteiger partial charge on any atom is -0.426 e. The number of ether oxygens (including phenoxy) is 1. The number of alkyl halides is 5. The molecule has 0 aromatic heterocycles. The van der Waals surface area contributed by atoms with Gasteiger partial charge in [0.1, 0.15) is 5.75 Å². The molecule has 118 valence electrons. The minimum atomic E-state index is -5.83. The minimum absolute atomic E-state index is 0.0827. The van der Waals surface area contributed by atoms with E-state index < -0.39 is 29.2 Å². The lowest BCUT2D eigenvalue weighted by molar-refractivity contribution is -0.360. The number of halogens is 5. The van der Waals surface area contributed by atoms with Crippen LogP contribution in [0.3, 0.4) is 0 Å². The molecule has 0 unspecified atom stereocenters. The molecule has 0 spiro atoms. The Hall–Kier alpha value is -2.10. The SMILES string of the molecule is O=C1NC(=O)/C(=C/c2ccc(OC(F)(F)C(F)(F)F)cc2)S1. The number of amides is 2. The van der Waals surface area contributed by atoms with Gasteiger partial charge in [-0.3, -0.25) is 14.9 Å². The number of imide groups is 1. The van der Waals surface area contributed by atoms with Crippen molar-refractivity contribution in [2.24, 2.45) is 0 Å². The van der Waals surface area contributed by atoms with Gasteiger partial charge >= 0.3 is 12.3 Å². The van der Waals surface area contributed by atoms with Crippen LogP contribution in [0.2, 0.25) is 0 Å². The lowest BCUT2D eigenvalue weighted by Crippen LogP contribution is -2.41. The van der Waals surface area contributed by atoms with Crippen LogP contribution >= 0.6 is 11.8 Å². The molecule has 4 nitrogen and oxygen atoms in total. The van der Waals surface area contributed by atoms with Gasteiger partial charge in [-0.15, -0.1) is 0 Å². The molecule has 0 radical (unpaired) electrons. The number of hydrogen-bond donors (Lipinski definition) is 1. The van der Waals surface area contributed by atoms with Gasteiger partial charge in [-0.05, 0) is 35.5 Å². The standard InChI is InChI=1S/C12H6F5NO3S/c13-11(14,15)12(16,17)21-7-3-1-6(2-4-7)5-8-9(19)18-10(20)22-8/h1-5H,(H,18,19,20)/b8-5-. The van der Waals surface area contributed by atoms with Gasteiger partial charge in [0, 0.05) is 0 Å². The van der Waals surface area contributed by atoms with Gasteiger partial charge in [-0.1, -0.05) is 12.1 Å². The van der Waals surface area contributed by atoms with Crippen molar-refractivity contribution in [3.05, 3.63) is 34.7 Å². The first-order valence-corrected chi connectivity index (χ1v) is 6.38. The summed E-state index contributed by atoms with van der Waals surface area (Å²) in [6.45, 7) is 0. The number of thioether (sulfide) groups is 1. The van der Waals surface area contributed by atoms with E-state index in [1.54, 1.807) is 0 Å². The quantitative estimate of drug-likeness (QED) is 0.676. The van der Waals surface area contributed by atoms with Crippen LogP contribution in [0.5, 0.6) is 5.75 Å². The zero-order valence-corrected chi connectivity index (χ0v) is 11.2. The number of carbonyl (C=O) groups excluding carboxylic acids is 2. The molecular formula is C12H6F5NO3S. The van der Waals surface area contributed by atoms with Crippen LogP contribution in [-0.4, -0.2) is 23.4 Å². The van der Waals surface area contributed by atoms with Gasteiger partial charge in [0.2, 0.25) is 0 Å². The van der Waals surface area contributed by atoms with Crippen molar-refractivity contribution in [1.82, 2.24) is 5.32 Å². The molecule has 0 saturated carbocycles. The first kappa shape index (κ1) is 16.3. The van der Waals surface area contributed by atoms with Crippen LogP contribution in [-0.2, 0) is 4.79 Å². The van der Waals surface area contributed by atoms with E-state index in [0.29, 0.717) is 17.3 Å². The Kier molecular flexibility index (Phi) is 4.14. The van der Waals surface area contributed by atoms with Crippen LogP contribution in [0.1, 0.15) is 5.56 Å². The van der Waals surface area contributed by atoms with E-state index in [4.69, 9.17) is 0 Å². The second-order valence-electron chi connectivity index (χ2n) is 4.04. The summed E-state index contributed by atoms with van der Waals surface area (Å²) in [7, 11) is 0. The maximum atomic E-state index is 12.7. The van der Waals surface area contributed by atoms with Crippen LogP contribution in [0.15, 0.2) is 29.2 Å². The van der Waals surface area contributed by atoms with Crippen molar-refractivity contribution >= 4 is 29.0 Å². The second-order valence-corrected chi connectivity index (χ2v) is 5.05. The fraction of sp³-hybridized carbons (Fsp3) is 0.167. The fourth-order valence-corrected chi connectivity index (χ4v) is 2.09. The molecule has 10 heteroatoms. The van der Waals surface area contributed by atoms with Crippen LogP contribution < -0.4 is 10.1 Å². The number of rotatable bonds is 3. The van der Waals surface area contributed by atoms with Crippen LogP contribution in [0, 0.1) is 0 Å². The predicted octanol–water partition coefficient (Wildman–Crippen LogP) is 3.54. The average Bonchev–Trinajstić information content (AvgIpc) is 2.68. The van der Waals surface area contributed by atoms with Gasteiger partial charge in [-0.25, -0.2) is 0 Å². The molecule has 0 atom stereocenters. The topological polar surface area (TPSA) is 55.4 Å². The molecule has 0 aliphatic carbocycles. The maximum Gasteiger partial charge on any atom is 0.499 e. The van der Waals surface area contributed by atoms with E-state index in [9.17, 15) is 31.5 Å². The summed E-state index contributed by atoms with van der Waals surface area (Å²) in [6, 6.07) is 4.13. The number of benzene rings is 1. The first-order valence-electron chi connectivity index (χ1n) is 5.57. The second kappa shape index (κ2) is 5.59. The lowest BCUT2D eigenvalue weighted by Gasteiger charge is -2.20. The summed E-state index contributed by atoms with van der Waals surface area (Å²) in [6.07, 6.45) is -9.84. The molecule has 1 heterocycles. The average molecular weight is 339 g/mol. The van der Waals surface area contributed by atoms with Gasteiger partial charge in [0.15, 0.2) is 0 Å². The largest absolute Gasteiger partial charge is 0.499 e. The van der Waals surface area contributed by atoms with Gasteiger partial charge < -0.3 is 4.74 Å². The summed E-state index contributed by atoms with van der Waals surface area (Å²) in [5.41, 5.74) is 0.329. The molecular weight excluding hydrogens is 333 g/mol. The van der Waals surface area contributed by atoms with Crippen LogP contribution in [0.4, 0.5) is 26.7 Å². The summed E-state index contributed by atoms with van der Waals surface area (Å²) >= 11 is 0.648.